The number of nitrogens with one attached hydrogen (secondary N) is 2. The Labute approximate surface area is 112 Å². The molecule has 2 atom stereocenters. The van der Waals surface area contributed by atoms with Gasteiger partial charge in [0.2, 0.25) is 0 Å². The van der Waals surface area contributed by atoms with Gasteiger partial charge in [0.25, 0.3) is 0 Å². The van der Waals surface area contributed by atoms with Gasteiger partial charge in [0.1, 0.15) is 0 Å². The zero-order valence-corrected chi connectivity index (χ0v) is 11.9. The fourth-order valence-corrected chi connectivity index (χ4v) is 3.76. The van der Waals surface area contributed by atoms with E-state index in [1.165, 1.54) is 19.3 Å². The van der Waals surface area contributed by atoms with Crippen molar-refractivity contribution in [3.8, 4) is 0 Å². The highest BCUT2D eigenvalue weighted by Crippen LogP contribution is 2.33. The monoisotopic (exact) mass is 270 g/mol. The van der Waals surface area contributed by atoms with Crippen LogP contribution in [0.2, 0.25) is 0 Å². The van der Waals surface area contributed by atoms with Gasteiger partial charge in [-0.1, -0.05) is 25.6 Å². The van der Waals surface area contributed by atoms with Crippen molar-refractivity contribution in [2.45, 2.75) is 62.5 Å². The van der Waals surface area contributed by atoms with Crippen LogP contribution >= 0.6 is 11.8 Å². The van der Waals surface area contributed by atoms with Gasteiger partial charge >= 0.3 is 5.69 Å². The number of aromatic amines is 1. The number of H-pyrrole nitrogens is 1. The SMILES string of the molecule is CCCn1c(SC2CCC(NCC)C2)n[nH]c1=O. The minimum Gasteiger partial charge on any atom is -0.314 e. The van der Waals surface area contributed by atoms with Crippen molar-refractivity contribution in [2.24, 2.45) is 0 Å². The third kappa shape index (κ3) is 3.17. The van der Waals surface area contributed by atoms with Crippen molar-refractivity contribution in [3.05, 3.63) is 10.5 Å². The zero-order chi connectivity index (χ0) is 13.0. The highest BCUT2D eigenvalue weighted by Gasteiger charge is 2.26. The van der Waals surface area contributed by atoms with Gasteiger partial charge in [0.05, 0.1) is 0 Å². The van der Waals surface area contributed by atoms with Gasteiger partial charge in [-0.25, -0.2) is 9.89 Å². The van der Waals surface area contributed by atoms with Crippen LogP contribution in [0.25, 0.3) is 0 Å². The van der Waals surface area contributed by atoms with Crippen molar-refractivity contribution < 1.29 is 0 Å². The van der Waals surface area contributed by atoms with Crippen LogP contribution in [0.15, 0.2) is 9.95 Å². The van der Waals surface area contributed by atoms with Gasteiger partial charge in [-0.05, 0) is 32.2 Å². The first kappa shape index (κ1) is 13.7. The van der Waals surface area contributed by atoms with E-state index in [1.807, 2.05) is 0 Å². The number of hydrogen-bond donors (Lipinski definition) is 2. The second-order valence-corrected chi connectivity index (χ2v) is 6.04. The number of rotatable bonds is 6. The molecule has 0 amide bonds. The zero-order valence-electron chi connectivity index (χ0n) is 11.1. The molecule has 18 heavy (non-hydrogen) atoms. The minimum absolute atomic E-state index is 0.0828. The maximum Gasteiger partial charge on any atom is 0.343 e. The third-order valence-corrected chi connectivity index (χ3v) is 4.60. The fraction of sp³-hybridized carbons (Fsp3) is 0.833. The largest absolute Gasteiger partial charge is 0.343 e. The summed E-state index contributed by atoms with van der Waals surface area (Å²) in [5.41, 5.74) is -0.0828. The molecule has 0 aliphatic heterocycles. The number of aromatic nitrogens is 3. The molecule has 102 valence electrons. The van der Waals surface area contributed by atoms with E-state index in [0.717, 1.165) is 24.7 Å². The Hall–Kier alpha value is -0.750. The Bertz CT molecular complexity index is 428. The highest BCUT2D eigenvalue weighted by atomic mass is 32.2. The molecular weight excluding hydrogens is 248 g/mol. The number of thioether (sulfide) groups is 1. The van der Waals surface area contributed by atoms with E-state index in [-0.39, 0.29) is 5.69 Å². The van der Waals surface area contributed by atoms with Crippen molar-refractivity contribution in [1.29, 1.82) is 0 Å². The molecule has 1 aromatic rings. The molecule has 1 fully saturated rings. The maximum absolute atomic E-state index is 11.6. The summed E-state index contributed by atoms with van der Waals surface area (Å²) in [5.74, 6) is 0. The fourth-order valence-electron chi connectivity index (χ4n) is 2.48. The average molecular weight is 270 g/mol. The van der Waals surface area contributed by atoms with E-state index in [1.54, 1.807) is 16.3 Å². The quantitative estimate of drug-likeness (QED) is 0.824. The van der Waals surface area contributed by atoms with Gasteiger partial charge in [-0.15, -0.1) is 5.10 Å². The topological polar surface area (TPSA) is 62.7 Å². The molecule has 0 radical (unpaired) electrons. The predicted octanol–water partition coefficient (Wildman–Crippen LogP) is 1.60. The summed E-state index contributed by atoms with van der Waals surface area (Å²) < 4.78 is 1.76. The highest BCUT2D eigenvalue weighted by molar-refractivity contribution is 7.99. The second-order valence-electron chi connectivity index (χ2n) is 4.77. The summed E-state index contributed by atoms with van der Waals surface area (Å²) in [6.45, 7) is 6.00. The molecule has 1 aromatic heterocycles. The van der Waals surface area contributed by atoms with Gasteiger partial charge in [-0.2, -0.15) is 0 Å². The lowest BCUT2D eigenvalue weighted by molar-refractivity contribution is 0.543. The lowest BCUT2D eigenvalue weighted by Crippen LogP contribution is -2.26. The molecule has 1 heterocycles. The van der Waals surface area contributed by atoms with Gasteiger partial charge in [-0.3, -0.25) is 4.57 Å². The Balaban J connectivity index is 1.96. The normalized spacial score (nSPS) is 23.7. The molecule has 1 saturated carbocycles. The Morgan fingerprint density at radius 3 is 3.06 bits per heavy atom. The summed E-state index contributed by atoms with van der Waals surface area (Å²) in [7, 11) is 0. The number of hydrogen-bond acceptors (Lipinski definition) is 4. The van der Waals surface area contributed by atoms with Crippen LogP contribution < -0.4 is 11.0 Å². The summed E-state index contributed by atoms with van der Waals surface area (Å²) in [4.78, 5) is 11.6. The van der Waals surface area contributed by atoms with Crippen LogP contribution in [0.5, 0.6) is 0 Å². The van der Waals surface area contributed by atoms with Gasteiger partial charge < -0.3 is 5.32 Å². The molecule has 6 heteroatoms. The molecule has 1 aliphatic rings. The molecule has 2 unspecified atom stereocenters. The summed E-state index contributed by atoms with van der Waals surface area (Å²) in [6.07, 6.45) is 4.56. The van der Waals surface area contributed by atoms with Crippen LogP contribution in [0.3, 0.4) is 0 Å². The first-order valence-corrected chi connectivity index (χ1v) is 7.67. The first-order valence-electron chi connectivity index (χ1n) is 6.79. The summed E-state index contributed by atoms with van der Waals surface area (Å²) >= 11 is 1.75. The van der Waals surface area contributed by atoms with Crippen LogP contribution in [-0.2, 0) is 6.54 Å². The van der Waals surface area contributed by atoms with Crippen molar-refractivity contribution >= 4 is 11.8 Å². The van der Waals surface area contributed by atoms with Crippen molar-refractivity contribution in [2.75, 3.05) is 6.54 Å². The van der Waals surface area contributed by atoms with Gasteiger partial charge in [0.15, 0.2) is 5.16 Å². The van der Waals surface area contributed by atoms with Gasteiger partial charge in [0, 0.05) is 17.8 Å². The Kier molecular flexibility index (Phi) is 4.88. The van der Waals surface area contributed by atoms with Crippen LogP contribution in [-0.4, -0.2) is 32.6 Å². The molecule has 2 rings (SSSR count). The molecule has 1 aliphatic carbocycles. The summed E-state index contributed by atoms with van der Waals surface area (Å²) in [5, 5.41) is 11.6. The van der Waals surface area contributed by atoms with Crippen LogP contribution in [0, 0.1) is 0 Å². The van der Waals surface area contributed by atoms with Crippen LogP contribution in [0.1, 0.15) is 39.5 Å². The summed E-state index contributed by atoms with van der Waals surface area (Å²) in [6, 6.07) is 0.637. The van der Waals surface area contributed by atoms with Crippen molar-refractivity contribution in [1.82, 2.24) is 20.1 Å². The van der Waals surface area contributed by atoms with Crippen molar-refractivity contribution in [3.63, 3.8) is 0 Å². The smallest absolute Gasteiger partial charge is 0.314 e. The van der Waals surface area contributed by atoms with Crippen LogP contribution in [0.4, 0.5) is 0 Å². The third-order valence-electron chi connectivity index (χ3n) is 3.32. The maximum atomic E-state index is 11.6. The molecule has 0 aromatic carbocycles. The second kappa shape index (κ2) is 6.43. The molecule has 5 nitrogen and oxygen atoms in total. The lowest BCUT2D eigenvalue weighted by Gasteiger charge is -2.11. The molecular formula is C12H22N4OS. The lowest BCUT2D eigenvalue weighted by atomic mass is 10.2. The van der Waals surface area contributed by atoms with E-state index in [4.69, 9.17) is 0 Å². The van der Waals surface area contributed by atoms with E-state index in [2.05, 4.69) is 29.4 Å². The van der Waals surface area contributed by atoms with E-state index < -0.39 is 0 Å². The average Bonchev–Trinajstić information content (AvgIpc) is 2.92. The Morgan fingerprint density at radius 1 is 1.50 bits per heavy atom. The number of nitrogens with zero attached hydrogens (tertiary/aromatic N) is 2. The standard InChI is InChI=1S/C12H22N4OS/c1-3-7-16-11(17)14-15-12(16)18-10-6-5-9(8-10)13-4-2/h9-10,13H,3-8H2,1-2H3,(H,14,17). The minimum atomic E-state index is -0.0828. The van der Waals surface area contributed by atoms with E-state index in [9.17, 15) is 4.79 Å². The molecule has 0 saturated heterocycles. The van der Waals surface area contributed by atoms with E-state index in [0.29, 0.717) is 11.3 Å². The Morgan fingerprint density at radius 2 is 2.33 bits per heavy atom. The molecule has 0 bridgehead atoms. The van der Waals surface area contributed by atoms with E-state index >= 15 is 0 Å². The predicted molar refractivity (Wildman–Crippen MR) is 74.1 cm³/mol. The first-order chi connectivity index (χ1) is 8.74. The molecule has 0 spiro atoms. The molecule has 2 N–H and O–H groups in total.